The van der Waals surface area contributed by atoms with Crippen molar-refractivity contribution in [1.29, 1.82) is 0 Å². The molecule has 4 nitrogen and oxygen atoms in total. The number of likely N-dealkylation sites (N-methyl/N-ethyl adjacent to an activating group) is 1. The van der Waals surface area contributed by atoms with Crippen LogP contribution >= 0.6 is 0 Å². The molecule has 2 heterocycles. The van der Waals surface area contributed by atoms with Crippen molar-refractivity contribution in [2.24, 2.45) is 5.73 Å². The Kier molecular flexibility index (Phi) is 2.74. The summed E-state index contributed by atoms with van der Waals surface area (Å²) >= 11 is 0. The van der Waals surface area contributed by atoms with Gasteiger partial charge in [0, 0.05) is 19.1 Å². The van der Waals surface area contributed by atoms with Gasteiger partial charge in [-0.2, -0.15) is 0 Å². The standard InChI is InChI=1S/C10H19N3O/c1-2-12-5-3-4-8(6-12)13-7-9(11)10(13)14/h8-9H,2-7,11H2,1H3. The molecule has 80 valence electrons. The third-order valence-electron chi connectivity index (χ3n) is 3.36. The van der Waals surface area contributed by atoms with E-state index >= 15 is 0 Å². The van der Waals surface area contributed by atoms with Crippen molar-refractivity contribution in [2.45, 2.75) is 31.8 Å². The van der Waals surface area contributed by atoms with Gasteiger partial charge in [-0.1, -0.05) is 6.92 Å². The van der Waals surface area contributed by atoms with Crippen molar-refractivity contribution in [3.05, 3.63) is 0 Å². The van der Waals surface area contributed by atoms with E-state index in [2.05, 4.69) is 11.8 Å². The van der Waals surface area contributed by atoms with E-state index in [0.717, 1.165) is 26.1 Å². The van der Waals surface area contributed by atoms with Crippen LogP contribution in [0, 0.1) is 0 Å². The predicted molar refractivity (Wildman–Crippen MR) is 54.8 cm³/mol. The molecular formula is C10H19N3O. The molecule has 0 spiro atoms. The molecule has 0 aliphatic carbocycles. The highest BCUT2D eigenvalue weighted by atomic mass is 16.2. The Balaban J connectivity index is 1.89. The number of hydrogen-bond donors (Lipinski definition) is 1. The number of rotatable bonds is 2. The zero-order valence-electron chi connectivity index (χ0n) is 8.78. The Morgan fingerprint density at radius 2 is 2.29 bits per heavy atom. The average Bonchev–Trinajstić information content (AvgIpc) is 2.25. The number of piperidine rings is 1. The van der Waals surface area contributed by atoms with Gasteiger partial charge in [0.2, 0.25) is 5.91 Å². The number of carbonyl (C=O) groups is 1. The number of nitrogens with two attached hydrogens (primary N) is 1. The maximum Gasteiger partial charge on any atom is 0.241 e. The molecule has 2 N–H and O–H groups in total. The van der Waals surface area contributed by atoms with Gasteiger partial charge in [0.15, 0.2) is 0 Å². The van der Waals surface area contributed by atoms with Crippen molar-refractivity contribution in [3.8, 4) is 0 Å². The van der Waals surface area contributed by atoms with Crippen LogP contribution in [0.1, 0.15) is 19.8 Å². The third-order valence-corrected chi connectivity index (χ3v) is 3.36. The van der Waals surface area contributed by atoms with E-state index in [9.17, 15) is 4.79 Å². The van der Waals surface area contributed by atoms with Crippen molar-refractivity contribution >= 4 is 5.91 Å². The van der Waals surface area contributed by atoms with Gasteiger partial charge >= 0.3 is 0 Å². The third kappa shape index (κ3) is 1.64. The van der Waals surface area contributed by atoms with Crippen molar-refractivity contribution in [3.63, 3.8) is 0 Å². The highest BCUT2D eigenvalue weighted by Gasteiger charge is 2.39. The van der Waals surface area contributed by atoms with E-state index in [1.807, 2.05) is 4.90 Å². The lowest BCUT2D eigenvalue weighted by Crippen LogP contribution is -2.66. The number of amides is 1. The van der Waals surface area contributed by atoms with Crippen molar-refractivity contribution < 1.29 is 4.79 Å². The van der Waals surface area contributed by atoms with Gasteiger partial charge in [-0.15, -0.1) is 0 Å². The smallest absolute Gasteiger partial charge is 0.241 e. The fraction of sp³-hybridized carbons (Fsp3) is 0.900. The summed E-state index contributed by atoms with van der Waals surface area (Å²) in [4.78, 5) is 15.8. The van der Waals surface area contributed by atoms with Crippen LogP contribution in [0.3, 0.4) is 0 Å². The summed E-state index contributed by atoms with van der Waals surface area (Å²) < 4.78 is 0. The van der Waals surface area contributed by atoms with Gasteiger partial charge in [0.25, 0.3) is 0 Å². The highest BCUT2D eigenvalue weighted by Crippen LogP contribution is 2.21. The minimum absolute atomic E-state index is 0.146. The molecule has 0 aromatic rings. The molecule has 2 saturated heterocycles. The largest absolute Gasteiger partial charge is 0.335 e. The topological polar surface area (TPSA) is 49.6 Å². The molecular weight excluding hydrogens is 178 g/mol. The SMILES string of the molecule is CCN1CCCC(N2CC(N)C2=O)C1. The van der Waals surface area contributed by atoms with Crippen LogP contribution in [0.5, 0.6) is 0 Å². The molecule has 0 saturated carbocycles. The molecule has 4 heteroatoms. The number of likely N-dealkylation sites (tertiary alicyclic amines) is 2. The van der Waals surface area contributed by atoms with Crippen LogP contribution in [-0.2, 0) is 4.79 Å². The number of hydrogen-bond acceptors (Lipinski definition) is 3. The predicted octanol–water partition coefficient (Wildman–Crippen LogP) is -0.360. The minimum atomic E-state index is -0.216. The molecule has 1 amide bonds. The van der Waals surface area contributed by atoms with Crippen LogP contribution in [0.15, 0.2) is 0 Å². The summed E-state index contributed by atoms with van der Waals surface area (Å²) in [6.07, 6.45) is 2.35. The lowest BCUT2D eigenvalue weighted by molar-refractivity contribution is -0.147. The summed E-state index contributed by atoms with van der Waals surface area (Å²) in [5.74, 6) is 0.146. The van der Waals surface area contributed by atoms with E-state index < -0.39 is 0 Å². The molecule has 2 aliphatic heterocycles. The molecule has 14 heavy (non-hydrogen) atoms. The molecule has 2 atom stereocenters. The Morgan fingerprint density at radius 3 is 2.86 bits per heavy atom. The van der Waals surface area contributed by atoms with E-state index in [0.29, 0.717) is 6.04 Å². The first-order valence-electron chi connectivity index (χ1n) is 5.50. The van der Waals surface area contributed by atoms with E-state index in [4.69, 9.17) is 5.73 Å². The zero-order chi connectivity index (χ0) is 10.1. The summed E-state index contributed by atoms with van der Waals surface area (Å²) in [5, 5.41) is 0. The fourth-order valence-corrected chi connectivity index (χ4v) is 2.38. The normalized spacial score (nSPS) is 34.4. The molecule has 2 rings (SSSR count). The molecule has 2 unspecified atom stereocenters. The zero-order valence-corrected chi connectivity index (χ0v) is 8.78. The van der Waals surface area contributed by atoms with Gasteiger partial charge in [-0.25, -0.2) is 0 Å². The summed E-state index contributed by atoms with van der Waals surface area (Å²) in [6.45, 7) is 6.24. The Hall–Kier alpha value is -0.610. The molecule has 2 fully saturated rings. The lowest BCUT2D eigenvalue weighted by atomic mass is 9.98. The van der Waals surface area contributed by atoms with Gasteiger partial charge in [0.05, 0.1) is 0 Å². The quantitative estimate of drug-likeness (QED) is 0.615. The van der Waals surface area contributed by atoms with E-state index in [1.54, 1.807) is 0 Å². The monoisotopic (exact) mass is 197 g/mol. The first-order chi connectivity index (χ1) is 6.72. The van der Waals surface area contributed by atoms with Gasteiger partial charge in [-0.3, -0.25) is 4.79 Å². The van der Waals surface area contributed by atoms with Crippen LogP contribution in [0.25, 0.3) is 0 Å². The Labute approximate surface area is 85.0 Å². The second-order valence-corrected chi connectivity index (χ2v) is 4.29. The average molecular weight is 197 g/mol. The van der Waals surface area contributed by atoms with Crippen molar-refractivity contribution in [1.82, 2.24) is 9.80 Å². The van der Waals surface area contributed by atoms with E-state index in [1.165, 1.54) is 13.0 Å². The molecule has 0 bridgehead atoms. The lowest BCUT2D eigenvalue weighted by Gasteiger charge is -2.45. The second-order valence-electron chi connectivity index (χ2n) is 4.29. The van der Waals surface area contributed by atoms with Crippen LogP contribution < -0.4 is 5.73 Å². The summed E-state index contributed by atoms with van der Waals surface area (Å²) in [5.41, 5.74) is 5.58. The maximum atomic E-state index is 11.4. The minimum Gasteiger partial charge on any atom is -0.335 e. The molecule has 0 aromatic heterocycles. The Bertz CT molecular complexity index is 231. The van der Waals surface area contributed by atoms with Gasteiger partial charge in [-0.05, 0) is 25.9 Å². The van der Waals surface area contributed by atoms with Crippen LogP contribution in [0.2, 0.25) is 0 Å². The van der Waals surface area contributed by atoms with Crippen LogP contribution in [0.4, 0.5) is 0 Å². The van der Waals surface area contributed by atoms with Crippen molar-refractivity contribution in [2.75, 3.05) is 26.2 Å². The second kappa shape index (κ2) is 3.87. The number of β-lactam (4-membered cyclic amide) rings is 1. The summed E-state index contributed by atoms with van der Waals surface area (Å²) in [6, 6.07) is 0.211. The number of nitrogens with zero attached hydrogens (tertiary/aromatic N) is 2. The van der Waals surface area contributed by atoms with E-state index in [-0.39, 0.29) is 11.9 Å². The first-order valence-corrected chi connectivity index (χ1v) is 5.50. The summed E-state index contributed by atoms with van der Waals surface area (Å²) in [7, 11) is 0. The molecule has 0 aromatic carbocycles. The highest BCUT2D eigenvalue weighted by molar-refractivity contribution is 5.88. The number of carbonyl (C=O) groups excluding carboxylic acids is 1. The van der Waals surface area contributed by atoms with Gasteiger partial charge in [0.1, 0.15) is 6.04 Å². The maximum absolute atomic E-state index is 11.4. The first kappa shape index (κ1) is 9.93. The fourth-order valence-electron chi connectivity index (χ4n) is 2.38. The molecule has 2 aliphatic rings. The Morgan fingerprint density at radius 1 is 1.50 bits per heavy atom. The van der Waals surface area contributed by atoms with Gasteiger partial charge < -0.3 is 15.5 Å². The molecule has 0 radical (unpaired) electrons. The van der Waals surface area contributed by atoms with Crippen LogP contribution in [-0.4, -0.2) is 54.0 Å².